The van der Waals surface area contributed by atoms with Gasteiger partial charge in [-0.15, -0.1) is 0 Å². The van der Waals surface area contributed by atoms with Crippen LogP contribution in [0.3, 0.4) is 0 Å². The van der Waals surface area contributed by atoms with Crippen molar-refractivity contribution in [1.82, 2.24) is 15.2 Å². The average Bonchev–Trinajstić information content (AvgIpc) is 3.00. The molecule has 3 unspecified atom stereocenters. The Hall–Kier alpha value is -3.30. The van der Waals surface area contributed by atoms with Crippen molar-refractivity contribution < 1.29 is 19.1 Å². The first-order chi connectivity index (χ1) is 21.1. The Morgan fingerprint density at radius 1 is 1.02 bits per heavy atom. The molecule has 1 amide bonds. The molecule has 232 valence electrons. The van der Waals surface area contributed by atoms with Gasteiger partial charge in [0.1, 0.15) is 0 Å². The van der Waals surface area contributed by atoms with Crippen molar-refractivity contribution in [2.45, 2.75) is 77.6 Å². The van der Waals surface area contributed by atoms with E-state index in [0.29, 0.717) is 40.8 Å². The number of esters is 1. The van der Waals surface area contributed by atoms with Crippen LogP contribution in [0.5, 0.6) is 0 Å². The number of hydrogen-bond acceptors (Lipinski definition) is 7. The Kier molecular flexibility index (Phi) is 10.4. The first-order valence-electron chi connectivity index (χ1n) is 15.1. The normalized spacial score (nSPS) is 17.6. The average molecular weight is 638 g/mol. The molecular formula is C34H38Cl2N4O4. The van der Waals surface area contributed by atoms with Crippen LogP contribution in [-0.2, 0) is 33.7 Å². The van der Waals surface area contributed by atoms with Crippen molar-refractivity contribution in [3.05, 3.63) is 92.2 Å². The molecule has 2 aromatic carbocycles. The van der Waals surface area contributed by atoms with Gasteiger partial charge in [-0.2, -0.15) is 0 Å². The molecule has 3 atom stereocenters. The molecule has 2 aliphatic rings. The van der Waals surface area contributed by atoms with Gasteiger partial charge in [-0.05, 0) is 61.3 Å². The number of ether oxygens (including phenoxy) is 1. The Labute approximate surface area is 268 Å². The monoisotopic (exact) mass is 636 g/mol. The number of aromatic nitrogens is 1. The summed E-state index contributed by atoms with van der Waals surface area (Å²) in [5.41, 5.74) is 5.98. The number of Topliss-reactive ketones (excluding diaryl/α,β-unsaturated/α-hetero) is 1. The van der Waals surface area contributed by atoms with Crippen LogP contribution in [-0.4, -0.2) is 46.8 Å². The number of fused-ring (bicyclic) bond motifs is 2. The molecule has 0 saturated carbocycles. The third kappa shape index (κ3) is 7.49. The Morgan fingerprint density at radius 2 is 1.77 bits per heavy atom. The number of carbonyl (C=O) groups excluding carboxylic acids is 3. The fraction of sp³-hybridized carbons (Fsp3) is 0.412. The molecule has 0 saturated heterocycles. The number of hydrogen-bond donors (Lipinski definition) is 2. The minimum Gasteiger partial charge on any atom is -0.455 e. The summed E-state index contributed by atoms with van der Waals surface area (Å²) in [5.74, 6) is -0.555. The molecule has 0 fully saturated rings. The van der Waals surface area contributed by atoms with Crippen LogP contribution < -0.4 is 10.6 Å². The summed E-state index contributed by atoms with van der Waals surface area (Å²) in [6.45, 7) is 5.95. The van der Waals surface area contributed by atoms with Gasteiger partial charge in [0, 0.05) is 43.8 Å². The van der Waals surface area contributed by atoms with Crippen LogP contribution in [0.4, 0.5) is 5.69 Å². The number of nitrogens with zero attached hydrogens (tertiary/aromatic N) is 2. The van der Waals surface area contributed by atoms with E-state index in [-0.39, 0.29) is 30.3 Å². The molecule has 0 bridgehead atoms. The highest BCUT2D eigenvalue weighted by atomic mass is 35.5. The van der Waals surface area contributed by atoms with Gasteiger partial charge < -0.3 is 10.1 Å². The molecule has 2 N–H and O–H groups in total. The number of ketones is 1. The quantitative estimate of drug-likeness (QED) is 0.190. The molecule has 1 aromatic heterocycles. The summed E-state index contributed by atoms with van der Waals surface area (Å²) < 4.78 is 5.88. The van der Waals surface area contributed by atoms with E-state index < -0.39 is 12.1 Å². The smallest absolute Gasteiger partial charge is 0.303 e. The van der Waals surface area contributed by atoms with E-state index in [1.54, 1.807) is 18.2 Å². The number of pyridine rings is 1. The number of anilines is 1. The first-order valence-corrected chi connectivity index (χ1v) is 15.9. The minimum atomic E-state index is -0.634. The van der Waals surface area contributed by atoms with E-state index in [1.165, 1.54) is 13.8 Å². The van der Waals surface area contributed by atoms with E-state index >= 15 is 0 Å². The third-order valence-electron chi connectivity index (χ3n) is 8.41. The maximum absolute atomic E-state index is 13.2. The summed E-state index contributed by atoms with van der Waals surface area (Å²) in [5, 5.41) is 7.58. The van der Waals surface area contributed by atoms with Gasteiger partial charge in [0.2, 0.25) is 5.91 Å². The van der Waals surface area contributed by atoms with Gasteiger partial charge in [-0.25, -0.2) is 0 Å². The number of benzene rings is 2. The SMILES string of the molecule is CC(=O)Nc1c2c(nc3c1CN(C(CC(C)c1ccc(Cl)c(Cl)c1)NCC(=O)c1ccccc1)CC3OC(C)=O)CCCC2. The molecule has 0 radical (unpaired) electrons. The number of aryl methyl sites for hydroxylation is 1. The molecule has 0 spiro atoms. The van der Waals surface area contributed by atoms with Crippen molar-refractivity contribution in [3.8, 4) is 0 Å². The number of amides is 1. The molecule has 8 nitrogen and oxygen atoms in total. The van der Waals surface area contributed by atoms with E-state index in [1.807, 2.05) is 30.3 Å². The lowest BCUT2D eigenvalue weighted by Gasteiger charge is -2.41. The summed E-state index contributed by atoms with van der Waals surface area (Å²) in [7, 11) is 0. The van der Waals surface area contributed by atoms with E-state index in [9.17, 15) is 14.4 Å². The first kappa shape index (κ1) is 32.1. The van der Waals surface area contributed by atoms with Crippen LogP contribution in [0.2, 0.25) is 10.0 Å². The molecule has 2 heterocycles. The van der Waals surface area contributed by atoms with Crippen LogP contribution >= 0.6 is 23.2 Å². The van der Waals surface area contributed by atoms with Crippen molar-refractivity contribution in [3.63, 3.8) is 0 Å². The van der Waals surface area contributed by atoms with E-state index in [2.05, 4.69) is 22.5 Å². The van der Waals surface area contributed by atoms with E-state index in [0.717, 1.165) is 53.8 Å². The lowest BCUT2D eigenvalue weighted by molar-refractivity contribution is -0.149. The van der Waals surface area contributed by atoms with Crippen molar-refractivity contribution >= 4 is 46.5 Å². The van der Waals surface area contributed by atoms with Crippen LogP contribution in [0.25, 0.3) is 0 Å². The zero-order chi connectivity index (χ0) is 31.4. The topological polar surface area (TPSA) is 101 Å². The van der Waals surface area contributed by atoms with Gasteiger partial charge in [-0.1, -0.05) is 66.5 Å². The number of halogens is 2. The highest BCUT2D eigenvalue weighted by Gasteiger charge is 2.37. The molecule has 1 aliphatic heterocycles. The highest BCUT2D eigenvalue weighted by molar-refractivity contribution is 6.42. The Balaban J connectivity index is 1.52. The number of nitrogens with one attached hydrogen (secondary N) is 2. The summed E-state index contributed by atoms with van der Waals surface area (Å²) in [4.78, 5) is 45.1. The Bertz CT molecular complexity index is 1550. The minimum absolute atomic E-state index is 0.0265. The fourth-order valence-corrected chi connectivity index (χ4v) is 6.55. The Morgan fingerprint density at radius 3 is 2.48 bits per heavy atom. The maximum atomic E-state index is 13.2. The zero-order valence-corrected chi connectivity index (χ0v) is 26.8. The molecule has 5 rings (SSSR count). The second-order valence-corrected chi connectivity index (χ2v) is 12.5. The molecule has 10 heteroatoms. The zero-order valence-electron chi connectivity index (χ0n) is 25.3. The summed E-state index contributed by atoms with van der Waals surface area (Å²) in [6.07, 6.45) is 3.38. The van der Waals surface area contributed by atoms with Crippen molar-refractivity contribution in [1.29, 1.82) is 0 Å². The fourth-order valence-electron chi connectivity index (χ4n) is 6.24. The van der Waals surface area contributed by atoms with E-state index in [4.69, 9.17) is 32.9 Å². The molecule has 44 heavy (non-hydrogen) atoms. The van der Waals surface area contributed by atoms with Gasteiger partial charge in [0.15, 0.2) is 11.9 Å². The van der Waals surface area contributed by atoms with Gasteiger partial charge in [-0.3, -0.25) is 29.6 Å². The lowest BCUT2D eigenvalue weighted by atomic mass is 9.88. The molecule has 1 aliphatic carbocycles. The molecular weight excluding hydrogens is 599 g/mol. The van der Waals surface area contributed by atoms with Crippen molar-refractivity contribution in [2.24, 2.45) is 0 Å². The summed E-state index contributed by atoms with van der Waals surface area (Å²) in [6, 6.07) is 14.8. The highest BCUT2D eigenvalue weighted by Crippen LogP contribution is 2.40. The largest absolute Gasteiger partial charge is 0.455 e. The second-order valence-electron chi connectivity index (χ2n) is 11.7. The second kappa shape index (κ2) is 14.2. The van der Waals surface area contributed by atoms with Gasteiger partial charge in [0.05, 0.1) is 34.1 Å². The number of rotatable bonds is 10. The number of carbonyl (C=O) groups is 3. The standard InChI is InChI=1S/C34H38Cl2N4O4/c1-20(24-13-14-27(35)28(36)16-24)15-32(37-17-30(43)23-9-5-4-6-10-23)40-18-26-33(38-21(2)41)25-11-7-8-12-29(25)39-34(26)31(19-40)44-22(3)42/h4-6,9-10,13-14,16,20,31-32,37H,7-8,11-12,15,17-19H2,1-3H3,(H,38,39,41). The molecule has 3 aromatic rings. The third-order valence-corrected chi connectivity index (χ3v) is 9.15. The van der Waals surface area contributed by atoms with Crippen molar-refractivity contribution in [2.75, 3.05) is 18.4 Å². The maximum Gasteiger partial charge on any atom is 0.303 e. The van der Waals surface area contributed by atoms with Crippen LogP contribution in [0, 0.1) is 0 Å². The summed E-state index contributed by atoms with van der Waals surface area (Å²) >= 11 is 12.6. The predicted octanol–water partition coefficient (Wildman–Crippen LogP) is 6.64. The van der Waals surface area contributed by atoms with Crippen LogP contribution in [0.1, 0.15) is 90.5 Å². The lowest BCUT2D eigenvalue weighted by Crippen LogP contribution is -2.51. The predicted molar refractivity (Wildman–Crippen MR) is 172 cm³/mol. The van der Waals surface area contributed by atoms with Gasteiger partial charge >= 0.3 is 5.97 Å². The van der Waals surface area contributed by atoms with Gasteiger partial charge in [0.25, 0.3) is 0 Å². The van der Waals surface area contributed by atoms with Crippen LogP contribution in [0.15, 0.2) is 48.5 Å².